The summed E-state index contributed by atoms with van der Waals surface area (Å²) < 4.78 is 4.95. The maximum absolute atomic E-state index is 11.3. The summed E-state index contributed by atoms with van der Waals surface area (Å²) in [5, 5.41) is 21.2. The number of hydrogen-bond acceptors (Lipinski definition) is 6. The first-order valence-corrected chi connectivity index (χ1v) is 4.76. The summed E-state index contributed by atoms with van der Waals surface area (Å²) in [4.78, 5) is 22.5. The second kappa shape index (κ2) is 4.76. The van der Waals surface area contributed by atoms with Crippen LogP contribution in [-0.4, -0.2) is 43.0 Å². The monoisotopic (exact) mass is 243 g/mol. The lowest BCUT2D eigenvalue weighted by molar-refractivity contribution is -0.138. The highest BCUT2D eigenvalue weighted by Gasteiger charge is 2.17. The van der Waals surface area contributed by atoms with E-state index in [9.17, 15) is 9.59 Å². The van der Waals surface area contributed by atoms with Gasteiger partial charge in [-0.15, -0.1) is 5.10 Å². The minimum absolute atomic E-state index is 0.111. The molecule has 1 rings (SSSR count). The highest BCUT2D eigenvalue weighted by atomic mass is 16.6. The number of nitrogens with zero attached hydrogens (tertiary/aromatic N) is 4. The summed E-state index contributed by atoms with van der Waals surface area (Å²) in [6.07, 6.45) is -0.729. The van der Waals surface area contributed by atoms with Crippen LogP contribution in [0.5, 0.6) is 0 Å². The van der Waals surface area contributed by atoms with E-state index in [1.807, 2.05) is 0 Å². The zero-order valence-corrected chi connectivity index (χ0v) is 9.67. The summed E-state index contributed by atoms with van der Waals surface area (Å²) in [6, 6.07) is 0. The molecule has 0 aliphatic heterocycles. The van der Waals surface area contributed by atoms with E-state index in [0.717, 1.165) is 4.80 Å². The largest absolute Gasteiger partial charge is 0.480 e. The van der Waals surface area contributed by atoms with Crippen molar-refractivity contribution in [1.29, 1.82) is 0 Å². The minimum atomic E-state index is -1.11. The molecule has 0 radical (unpaired) electrons. The van der Waals surface area contributed by atoms with E-state index in [0.29, 0.717) is 0 Å². The van der Waals surface area contributed by atoms with Gasteiger partial charge in [0.25, 0.3) is 5.95 Å². The molecule has 0 saturated carbocycles. The van der Waals surface area contributed by atoms with Crippen molar-refractivity contribution < 1.29 is 19.4 Å². The molecule has 17 heavy (non-hydrogen) atoms. The van der Waals surface area contributed by atoms with Gasteiger partial charge in [0.05, 0.1) is 0 Å². The predicted molar refractivity (Wildman–Crippen MR) is 55.3 cm³/mol. The molecule has 0 spiro atoms. The number of amides is 1. The fraction of sp³-hybridized carbons (Fsp3) is 0.625. The van der Waals surface area contributed by atoms with E-state index in [1.165, 1.54) is 0 Å². The van der Waals surface area contributed by atoms with Gasteiger partial charge in [-0.3, -0.25) is 10.1 Å². The molecule has 1 heterocycles. The van der Waals surface area contributed by atoms with Gasteiger partial charge in [-0.1, -0.05) is 5.10 Å². The van der Waals surface area contributed by atoms with Crippen LogP contribution in [0.15, 0.2) is 0 Å². The topological polar surface area (TPSA) is 119 Å². The number of carbonyl (C=O) groups is 2. The zero-order chi connectivity index (χ0) is 13.1. The number of aromatic nitrogens is 4. The van der Waals surface area contributed by atoms with Crippen LogP contribution in [0.2, 0.25) is 0 Å². The van der Waals surface area contributed by atoms with Gasteiger partial charge in [0, 0.05) is 0 Å². The van der Waals surface area contributed by atoms with Crippen molar-refractivity contribution in [2.75, 3.05) is 5.32 Å². The van der Waals surface area contributed by atoms with Crippen LogP contribution in [0.4, 0.5) is 10.7 Å². The lowest BCUT2D eigenvalue weighted by Crippen LogP contribution is -2.27. The standard InChI is InChI=1S/C8H13N5O4/c1-8(2,3)17-7(16)9-6-10-12-13(11-6)4-5(14)15/h4H2,1-3H3,(H,14,15)(H,9,11,16). The lowest BCUT2D eigenvalue weighted by Gasteiger charge is -2.18. The van der Waals surface area contributed by atoms with Crippen molar-refractivity contribution in [3.63, 3.8) is 0 Å². The Hall–Kier alpha value is -2.19. The van der Waals surface area contributed by atoms with E-state index >= 15 is 0 Å². The van der Waals surface area contributed by atoms with Crippen LogP contribution in [0.25, 0.3) is 0 Å². The highest BCUT2D eigenvalue weighted by Crippen LogP contribution is 2.08. The number of aliphatic carboxylic acids is 1. The molecule has 94 valence electrons. The Kier molecular flexibility index (Phi) is 3.61. The second-order valence-corrected chi connectivity index (χ2v) is 4.16. The molecule has 0 saturated heterocycles. The number of carboxylic acids is 1. The van der Waals surface area contributed by atoms with E-state index in [1.54, 1.807) is 20.8 Å². The quantitative estimate of drug-likeness (QED) is 0.772. The Morgan fingerprint density at radius 3 is 2.65 bits per heavy atom. The van der Waals surface area contributed by atoms with Crippen LogP contribution in [0.3, 0.4) is 0 Å². The molecule has 0 atom stereocenters. The molecule has 1 amide bonds. The van der Waals surface area contributed by atoms with E-state index < -0.39 is 24.2 Å². The molecule has 0 aliphatic carbocycles. The van der Waals surface area contributed by atoms with Gasteiger partial charge in [-0.2, -0.15) is 4.80 Å². The van der Waals surface area contributed by atoms with E-state index in [-0.39, 0.29) is 5.95 Å². The molecule has 0 bridgehead atoms. The zero-order valence-electron chi connectivity index (χ0n) is 9.67. The third-order valence-corrected chi connectivity index (χ3v) is 1.34. The molecule has 9 nitrogen and oxygen atoms in total. The molecule has 2 N–H and O–H groups in total. The van der Waals surface area contributed by atoms with Gasteiger partial charge in [0.1, 0.15) is 5.60 Å². The maximum atomic E-state index is 11.3. The van der Waals surface area contributed by atoms with Crippen LogP contribution in [0.1, 0.15) is 20.8 Å². The minimum Gasteiger partial charge on any atom is -0.480 e. The summed E-state index contributed by atoms with van der Waals surface area (Å²) in [5.41, 5.74) is -0.638. The molecular formula is C8H13N5O4. The number of anilines is 1. The number of ether oxygens (including phenoxy) is 1. The summed E-state index contributed by atoms with van der Waals surface area (Å²) in [7, 11) is 0. The second-order valence-electron chi connectivity index (χ2n) is 4.16. The Balaban J connectivity index is 2.55. The number of hydrogen-bond donors (Lipinski definition) is 2. The molecule has 0 fully saturated rings. The third-order valence-electron chi connectivity index (χ3n) is 1.34. The lowest BCUT2D eigenvalue weighted by atomic mass is 10.2. The fourth-order valence-electron chi connectivity index (χ4n) is 0.876. The molecule has 0 aliphatic rings. The first-order chi connectivity index (χ1) is 7.76. The summed E-state index contributed by atoms with van der Waals surface area (Å²) in [6.45, 7) is 4.70. The average Bonchev–Trinajstić information content (AvgIpc) is 2.46. The van der Waals surface area contributed by atoms with Crippen molar-refractivity contribution in [3.05, 3.63) is 0 Å². The molecular weight excluding hydrogens is 230 g/mol. The SMILES string of the molecule is CC(C)(C)OC(=O)Nc1nnn(CC(=O)O)n1. The first kappa shape index (κ1) is 12.9. The van der Waals surface area contributed by atoms with Crippen LogP contribution in [0, 0.1) is 0 Å². The Morgan fingerprint density at radius 1 is 1.47 bits per heavy atom. The van der Waals surface area contributed by atoms with Gasteiger partial charge in [0.2, 0.25) is 0 Å². The van der Waals surface area contributed by atoms with Gasteiger partial charge in [-0.25, -0.2) is 4.79 Å². The van der Waals surface area contributed by atoms with Crippen LogP contribution < -0.4 is 5.32 Å². The van der Waals surface area contributed by atoms with Crippen molar-refractivity contribution >= 4 is 18.0 Å². The molecule has 0 unspecified atom stereocenters. The van der Waals surface area contributed by atoms with Crippen molar-refractivity contribution in [2.45, 2.75) is 32.9 Å². The Labute approximate surface area is 96.8 Å². The predicted octanol–water partition coefficient (Wildman–Crippen LogP) is 0.105. The average molecular weight is 243 g/mol. The Morgan fingerprint density at radius 2 is 2.12 bits per heavy atom. The summed E-state index contributed by atoms with van der Waals surface area (Å²) >= 11 is 0. The van der Waals surface area contributed by atoms with E-state index in [4.69, 9.17) is 9.84 Å². The number of carbonyl (C=O) groups excluding carboxylic acids is 1. The maximum Gasteiger partial charge on any atom is 0.414 e. The first-order valence-electron chi connectivity index (χ1n) is 4.76. The fourth-order valence-corrected chi connectivity index (χ4v) is 0.876. The van der Waals surface area contributed by atoms with Crippen LogP contribution in [-0.2, 0) is 16.1 Å². The smallest absolute Gasteiger partial charge is 0.414 e. The number of rotatable bonds is 3. The Bertz CT molecular complexity index is 422. The van der Waals surface area contributed by atoms with Crippen molar-refractivity contribution in [1.82, 2.24) is 20.2 Å². The van der Waals surface area contributed by atoms with Crippen molar-refractivity contribution in [3.8, 4) is 0 Å². The van der Waals surface area contributed by atoms with Gasteiger partial charge >= 0.3 is 12.1 Å². The van der Waals surface area contributed by atoms with Crippen LogP contribution >= 0.6 is 0 Å². The molecule has 1 aromatic rings. The normalized spacial score (nSPS) is 11.0. The molecule has 9 heteroatoms. The molecule has 0 aromatic carbocycles. The van der Waals surface area contributed by atoms with E-state index in [2.05, 4.69) is 20.7 Å². The summed E-state index contributed by atoms with van der Waals surface area (Å²) in [5.74, 6) is -1.22. The van der Waals surface area contributed by atoms with Gasteiger partial charge in [-0.05, 0) is 26.0 Å². The number of tetrazole rings is 1. The third kappa shape index (κ3) is 4.91. The van der Waals surface area contributed by atoms with Crippen molar-refractivity contribution in [2.24, 2.45) is 0 Å². The highest BCUT2D eigenvalue weighted by molar-refractivity contribution is 5.82. The van der Waals surface area contributed by atoms with Gasteiger partial charge < -0.3 is 9.84 Å². The molecule has 1 aromatic heterocycles. The van der Waals surface area contributed by atoms with Gasteiger partial charge in [0.15, 0.2) is 6.54 Å². The number of carboxylic acid groups (broad SMARTS) is 1. The number of nitrogens with one attached hydrogen (secondary N) is 1.